The maximum absolute atomic E-state index is 13.3. The molecule has 106 valence electrons. The molecule has 20 heavy (non-hydrogen) atoms. The van der Waals surface area contributed by atoms with Gasteiger partial charge in [-0.15, -0.1) is 0 Å². The van der Waals surface area contributed by atoms with E-state index >= 15 is 0 Å². The quantitative estimate of drug-likeness (QED) is 0.863. The average molecular weight is 295 g/mol. The number of nitrogens with zero attached hydrogens (tertiary/aromatic N) is 1. The van der Waals surface area contributed by atoms with Crippen molar-refractivity contribution in [2.75, 3.05) is 11.9 Å². The van der Waals surface area contributed by atoms with Crippen LogP contribution in [0.1, 0.15) is 18.9 Å². The standard InChI is InChI=1S/C15H16ClFN2O/c1-2-7-18-15-11(4-3-8-19-15)10-20-12-5-6-13(16)14(17)9-12/h3-6,8-9H,2,7,10H2,1H3,(H,18,19). The van der Waals surface area contributed by atoms with Gasteiger partial charge in [0, 0.05) is 24.4 Å². The van der Waals surface area contributed by atoms with E-state index in [2.05, 4.69) is 17.2 Å². The average Bonchev–Trinajstić information content (AvgIpc) is 2.47. The maximum atomic E-state index is 13.3. The summed E-state index contributed by atoms with van der Waals surface area (Å²) in [6, 6.07) is 8.17. The van der Waals surface area contributed by atoms with Gasteiger partial charge >= 0.3 is 0 Å². The fourth-order valence-corrected chi connectivity index (χ4v) is 1.80. The highest BCUT2D eigenvalue weighted by Crippen LogP contribution is 2.22. The molecule has 2 aromatic rings. The maximum Gasteiger partial charge on any atom is 0.145 e. The van der Waals surface area contributed by atoms with Crippen LogP contribution in [0.5, 0.6) is 5.75 Å². The van der Waals surface area contributed by atoms with Crippen molar-refractivity contribution in [1.29, 1.82) is 0 Å². The van der Waals surface area contributed by atoms with Gasteiger partial charge < -0.3 is 10.1 Å². The first-order valence-corrected chi connectivity index (χ1v) is 6.84. The normalized spacial score (nSPS) is 10.3. The molecule has 2 rings (SSSR count). The van der Waals surface area contributed by atoms with Gasteiger partial charge in [0.15, 0.2) is 0 Å². The van der Waals surface area contributed by atoms with Crippen molar-refractivity contribution in [3.8, 4) is 5.75 Å². The third-order valence-electron chi connectivity index (χ3n) is 2.72. The van der Waals surface area contributed by atoms with Gasteiger partial charge in [-0.2, -0.15) is 0 Å². The molecule has 1 aromatic heterocycles. The fraction of sp³-hybridized carbons (Fsp3) is 0.267. The second-order valence-electron chi connectivity index (χ2n) is 4.30. The summed E-state index contributed by atoms with van der Waals surface area (Å²) in [5.41, 5.74) is 0.927. The molecular formula is C15H16ClFN2O. The second-order valence-corrected chi connectivity index (χ2v) is 4.71. The van der Waals surface area contributed by atoms with Gasteiger partial charge in [-0.3, -0.25) is 0 Å². The molecule has 0 saturated carbocycles. The molecule has 0 radical (unpaired) electrons. The second kappa shape index (κ2) is 7.10. The van der Waals surface area contributed by atoms with Gasteiger partial charge in [0.1, 0.15) is 24.0 Å². The van der Waals surface area contributed by atoms with Crippen LogP contribution in [0.25, 0.3) is 0 Å². The highest BCUT2D eigenvalue weighted by molar-refractivity contribution is 6.30. The number of halogens is 2. The first-order valence-electron chi connectivity index (χ1n) is 6.46. The van der Waals surface area contributed by atoms with Crippen LogP contribution in [0.15, 0.2) is 36.5 Å². The molecule has 0 fully saturated rings. The molecule has 3 nitrogen and oxygen atoms in total. The Hall–Kier alpha value is -1.81. The van der Waals surface area contributed by atoms with Gasteiger partial charge in [0.2, 0.25) is 0 Å². The number of hydrogen-bond acceptors (Lipinski definition) is 3. The Morgan fingerprint density at radius 1 is 1.35 bits per heavy atom. The summed E-state index contributed by atoms with van der Waals surface area (Å²) in [7, 11) is 0. The van der Waals surface area contributed by atoms with Gasteiger partial charge in [0.05, 0.1) is 5.02 Å². The van der Waals surface area contributed by atoms with Gasteiger partial charge in [-0.05, 0) is 24.6 Å². The summed E-state index contributed by atoms with van der Waals surface area (Å²) in [5.74, 6) is 0.751. The van der Waals surface area contributed by atoms with Crippen molar-refractivity contribution < 1.29 is 9.13 Å². The van der Waals surface area contributed by atoms with Crippen molar-refractivity contribution in [3.63, 3.8) is 0 Å². The number of anilines is 1. The van der Waals surface area contributed by atoms with E-state index in [1.807, 2.05) is 12.1 Å². The molecule has 1 N–H and O–H groups in total. The van der Waals surface area contributed by atoms with E-state index in [4.69, 9.17) is 16.3 Å². The van der Waals surface area contributed by atoms with E-state index < -0.39 is 5.82 Å². The molecule has 1 heterocycles. The van der Waals surface area contributed by atoms with Gasteiger partial charge in [0.25, 0.3) is 0 Å². The van der Waals surface area contributed by atoms with Gasteiger partial charge in [-0.25, -0.2) is 9.37 Å². The van der Waals surface area contributed by atoms with E-state index in [1.165, 1.54) is 12.1 Å². The number of ether oxygens (including phenoxy) is 1. The van der Waals surface area contributed by atoms with Crippen molar-refractivity contribution in [1.82, 2.24) is 4.98 Å². The lowest BCUT2D eigenvalue weighted by Crippen LogP contribution is -2.07. The minimum Gasteiger partial charge on any atom is -0.489 e. The Balaban J connectivity index is 2.04. The number of rotatable bonds is 6. The summed E-state index contributed by atoms with van der Waals surface area (Å²) in [6.45, 7) is 3.25. The molecular weight excluding hydrogens is 279 g/mol. The third kappa shape index (κ3) is 3.84. The fourth-order valence-electron chi connectivity index (χ4n) is 1.69. The predicted molar refractivity (Wildman–Crippen MR) is 78.8 cm³/mol. The van der Waals surface area contributed by atoms with Crippen LogP contribution >= 0.6 is 11.6 Å². The Labute approximate surface area is 122 Å². The molecule has 5 heteroatoms. The summed E-state index contributed by atoms with van der Waals surface area (Å²) in [6.07, 6.45) is 2.74. The zero-order valence-corrected chi connectivity index (χ0v) is 12.0. The SMILES string of the molecule is CCCNc1ncccc1COc1ccc(Cl)c(F)c1. The van der Waals surface area contributed by atoms with Crippen LogP contribution in [0, 0.1) is 5.82 Å². The number of pyridine rings is 1. The largest absolute Gasteiger partial charge is 0.489 e. The van der Waals surface area contributed by atoms with E-state index in [0.717, 1.165) is 24.3 Å². The van der Waals surface area contributed by atoms with Crippen LogP contribution in [0.2, 0.25) is 5.02 Å². The van der Waals surface area contributed by atoms with E-state index in [1.54, 1.807) is 12.3 Å². The number of nitrogens with one attached hydrogen (secondary N) is 1. The smallest absolute Gasteiger partial charge is 0.145 e. The lowest BCUT2D eigenvalue weighted by molar-refractivity contribution is 0.305. The monoisotopic (exact) mass is 294 g/mol. The van der Waals surface area contributed by atoms with Crippen LogP contribution in [-0.4, -0.2) is 11.5 Å². The first kappa shape index (κ1) is 14.6. The lowest BCUT2D eigenvalue weighted by Gasteiger charge is -2.11. The van der Waals surface area contributed by atoms with Gasteiger partial charge in [-0.1, -0.05) is 24.6 Å². The Bertz CT molecular complexity index is 578. The molecule has 0 spiro atoms. The highest BCUT2D eigenvalue weighted by atomic mass is 35.5. The summed E-state index contributed by atoms with van der Waals surface area (Å²) >= 11 is 5.63. The number of aromatic nitrogens is 1. The molecule has 0 unspecified atom stereocenters. The zero-order chi connectivity index (χ0) is 14.4. The number of hydrogen-bond donors (Lipinski definition) is 1. The highest BCUT2D eigenvalue weighted by Gasteiger charge is 2.05. The third-order valence-corrected chi connectivity index (χ3v) is 3.03. The predicted octanol–water partition coefficient (Wildman–Crippen LogP) is 4.28. The molecule has 0 aliphatic carbocycles. The molecule has 1 aromatic carbocycles. The summed E-state index contributed by atoms with van der Waals surface area (Å²) in [4.78, 5) is 4.27. The minimum absolute atomic E-state index is 0.0871. The van der Waals surface area contributed by atoms with Crippen molar-refractivity contribution >= 4 is 17.4 Å². The van der Waals surface area contributed by atoms with E-state index in [-0.39, 0.29) is 5.02 Å². The first-order chi connectivity index (χ1) is 9.70. The lowest BCUT2D eigenvalue weighted by atomic mass is 10.2. The van der Waals surface area contributed by atoms with Crippen molar-refractivity contribution in [2.24, 2.45) is 0 Å². The van der Waals surface area contributed by atoms with Crippen LogP contribution in [0.4, 0.5) is 10.2 Å². The Morgan fingerprint density at radius 3 is 2.95 bits per heavy atom. The summed E-state index contributed by atoms with van der Waals surface area (Å²) in [5, 5.41) is 3.32. The molecule has 0 aliphatic rings. The Kier molecular flexibility index (Phi) is 5.18. The van der Waals surface area contributed by atoms with Crippen molar-refractivity contribution in [3.05, 3.63) is 52.9 Å². The zero-order valence-electron chi connectivity index (χ0n) is 11.2. The van der Waals surface area contributed by atoms with Crippen molar-refractivity contribution in [2.45, 2.75) is 20.0 Å². The van der Waals surface area contributed by atoms with Crippen LogP contribution < -0.4 is 10.1 Å². The number of benzene rings is 1. The molecule has 0 atom stereocenters. The molecule has 0 saturated heterocycles. The minimum atomic E-state index is -0.486. The molecule has 0 aliphatic heterocycles. The van der Waals surface area contributed by atoms with Crippen LogP contribution in [-0.2, 0) is 6.61 Å². The van der Waals surface area contributed by atoms with E-state index in [9.17, 15) is 4.39 Å². The Morgan fingerprint density at radius 2 is 2.20 bits per heavy atom. The van der Waals surface area contributed by atoms with E-state index in [0.29, 0.717) is 12.4 Å². The van der Waals surface area contributed by atoms with Crippen LogP contribution in [0.3, 0.4) is 0 Å². The summed E-state index contributed by atoms with van der Waals surface area (Å²) < 4.78 is 18.9. The topological polar surface area (TPSA) is 34.2 Å². The molecule has 0 amide bonds. The molecule has 0 bridgehead atoms.